The number of anilines is 2. The lowest BCUT2D eigenvalue weighted by atomic mass is 9.92. The third-order valence-corrected chi connectivity index (χ3v) is 5.79. The van der Waals surface area contributed by atoms with Gasteiger partial charge in [-0.1, -0.05) is 35.9 Å². The Hall–Kier alpha value is -3.39. The molecule has 160 valence electrons. The minimum Gasteiger partial charge on any atom is -0.323 e. The van der Waals surface area contributed by atoms with E-state index in [1.165, 1.54) is 0 Å². The minimum absolute atomic E-state index is 0.00507. The first-order chi connectivity index (χ1) is 14.8. The largest absolute Gasteiger partial charge is 0.325 e. The van der Waals surface area contributed by atoms with Crippen LogP contribution in [0.2, 0.25) is 5.02 Å². The van der Waals surface area contributed by atoms with Crippen LogP contribution in [-0.4, -0.2) is 41.7 Å². The molecule has 0 bridgehead atoms. The van der Waals surface area contributed by atoms with Crippen LogP contribution in [0.25, 0.3) is 0 Å². The molecule has 9 heteroatoms. The second-order valence-electron chi connectivity index (χ2n) is 7.67. The van der Waals surface area contributed by atoms with Crippen molar-refractivity contribution in [2.45, 2.75) is 25.3 Å². The Morgan fingerprint density at radius 1 is 1.13 bits per heavy atom. The summed E-state index contributed by atoms with van der Waals surface area (Å²) in [6.45, 7) is 1.72. The highest BCUT2D eigenvalue weighted by Gasteiger charge is 2.49. The van der Waals surface area contributed by atoms with E-state index in [1.54, 1.807) is 60.4 Å². The van der Waals surface area contributed by atoms with Crippen molar-refractivity contribution in [3.8, 4) is 0 Å². The van der Waals surface area contributed by atoms with Crippen molar-refractivity contribution in [1.82, 2.24) is 10.2 Å². The summed E-state index contributed by atoms with van der Waals surface area (Å²) in [4.78, 5) is 52.8. The maximum absolute atomic E-state index is 13.0. The highest BCUT2D eigenvalue weighted by Crippen LogP contribution is 2.31. The molecule has 8 nitrogen and oxygen atoms in total. The third kappa shape index (κ3) is 3.86. The first kappa shape index (κ1) is 20.9. The normalized spacial score (nSPS) is 20.9. The molecule has 2 aliphatic rings. The van der Waals surface area contributed by atoms with Crippen molar-refractivity contribution in [1.29, 1.82) is 0 Å². The number of rotatable bonds is 5. The molecule has 2 aliphatic heterocycles. The van der Waals surface area contributed by atoms with Crippen LogP contribution in [0.15, 0.2) is 48.5 Å². The summed E-state index contributed by atoms with van der Waals surface area (Å²) in [5, 5.41) is 5.89. The van der Waals surface area contributed by atoms with Crippen molar-refractivity contribution in [3.63, 3.8) is 0 Å². The lowest BCUT2D eigenvalue weighted by Crippen LogP contribution is -2.42. The number of para-hydroxylation sites is 2. The highest BCUT2D eigenvalue weighted by atomic mass is 35.5. The van der Waals surface area contributed by atoms with Crippen molar-refractivity contribution >= 4 is 46.7 Å². The fourth-order valence-electron chi connectivity index (χ4n) is 3.87. The molecule has 0 saturated carbocycles. The molecular weight excluding hydrogens is 420 g/mol. The predicted molar refractivity (Wildman–Crippen MR) is 116 cm³/mol. The number of carbonyl (C=O) groups excluding carboxylic acids is 4. The summed E-state index contributed by atoms with van der Waals surface area (Å²) in [6, 6.07) is 12.9. The number of hydrogen-bond donors (Lipinski definition) is 2. The molecule has 2 aromatic carbocycles. The molecule has 0 aromatic heterocycles. The average molecular weight is 441 g/mol. The van der Waals surface area contributed by atoms with Crippen LogP contribution >= 0.6 is 11.6 Å². The van der Waals surface area contributed by atoms with Crippen molar-refractivity contribution in [2.24, 2.45) is 0 Å². The molecule has 2 N–H and O–H groups in total. The first-order valence-electron chi connectivity index (χ1n) is 9.89. The number of imide groups is 1. The van der Waals surface area contributed by atoms with E-state index in [4.69, 9.17) is 11.6 Å². The third-order valence-electron chi connectivity index (χ3n) is 5.54. The summed E-state index contributed by atoms with van der Waals surface area (Å²) in [5.41, 5.74) is 0.329. The van der Waals surface area contributed by atoms with Crippen molar-refractivity contribution in [3.05, 3.63) is 59.1 Å². The first-order valence-corrected chi connectivity index (χ1v) is 10.3. The summed E-state index contributed by atoms with van der Waals surface area (Å²) < 4.78 is 0. The molecule has 0 spiro atoms. The molecule has 1 atom stereocenters. The number of benzene rings is 2. The molecule has 4 rings (SSSR count). The van der Waals surface area contributed by atoms with Gasteiger partial charge in [0.05, 0.1) is 11.4 Å². The van der Waals surface area contributed by atoms with E-state index in [2.05, 4.69) is 10.6 Å². The van der Waals surface area contributed by atoms with Crippen LogP contribution in [0, 0.1) is 0 Å². The van der Waals surface area contributed by atoms with Gasteiger partial charge in [-0.25, -0.2) is 4.79 Å². The van der Waals surface area contributed by atoms with Gasteiger partial charge in [0.2, 0.25) is 11.8 Å². The van der Waals surface area contributed by atoms with Crippen LogP contribution in [-0.2, 0) is 19.9 Å². The molecule has 2 fully saturated rings. The molecule has 1 unspecified atom stereocenters. The van der Waals surface area contributed by atoms with Gasteiger partial charge < -0.3 is 15.5 Å². The Balaban J connectivity index is 1.50. The quantitative estimate of drug-likeness (QED) is 0.698. The van der Waals surface area contributed by atoms with Crippen LogP contribution < -0.4 is 15.5 Å². The minimum atomic E-state index is -1.29. The highest BCUT2D eigenvalue weighted by molar-refractivity contribution is 6.30. The number of halogens is 1. The van der Waals surface area contributed by atoms with Gasteiger partial charge in [-0.2, -0.15) is 0 Å². The predicted octanol–water partition coefficient (Wildman–Crippen LogP) is 2.87. The van der Waals surface area contributed by atoms with Gasteiger partial charge in [0.25, 0.3) is 5.91 Å². The van der Waals surface area contributed by atoms with Crippen molar-refractivity contribution in [2.75, 3.05) is 23.3 Å². The average Bonchev–Trinajstić information content (AvgIpc) is 3.26. The molecule has 2 heterocycles. The Morgan fingerprint density at radius 3 is 2.52 bits per heavy atom. The maximum atomic E-state index is 13.0. The molecule has 0 radical (unpaired) electrons. The van der Waals surface area contributed by atoms with Crippen LogP contribution in [0.3, 0.4) is 0 Å². The number of nitrogens with one attached hydrogen (secondary N) is 2. The number of carbonyl (C=O) groups is 4. The van der Waals surface area contributed by atoms with Crippen LogP contribution in [0.5, 0.6) is 0 Å². The summed E-state index contributed by atoms with van der Waals surface area (Å²) in [7, 11) is 0. The molecule has 2 aromatic rings. The zero-order valence-corrected chi connectivity index (χ0v) is 17.6. The van der Waals surface area contributed by atoms with E-state index in [9.17, 15) is 19.2 Å². The molecule has 0 aliphatic carbocycles. The van der Waals surface area contributed by atoms with Gasteiger partial charge in [0, 0.05) is 18.0 Å². The fraction of sp³-hybridized carbons (Fsp3) is 0.273. The van der Waals surface area contributed by atoms with Crippen molar-refractivity contribution < 1.29 is 19.2 Å². The van der Waals surface area contributed by atoms with E-state index in [-0.39, 0.29) is 5.91 Å². The molecular formula is C22H21ClN4O4. The van der Waals surface area contributed by atoms with Crippen LogP contribution in [0.1, 0.15) is 25.3 Å². The Morgan fingerprint density at radius 2 is 1.84 bits per heavy atom. The van der Waals surface area contributed by atoms with Gasteiger partial charge in [0.1, 0.15) is 12.1 Å². The van der Waals surface area contributed by atoms with E-state index in [0.29, 0.717) is 34.9 Å². The van der Waals surface area contributed by atoms with Gasteiger partial charge >= 0.3 is 6.03 Å². The number of nitrogens with zero attached hydrogens (tertiary/aromatic N) is 2. The Labute approximate surface area is 184 Å². The maximum Gasteiger partial charge on any atom is 0.325 e. The van der Waals surface area contributed by atoms with Gasteiger partial charge in [-0.3, -0.25) is 19.3 Å². The van der Waals surface area contributed by atoms with E-state index < -0.39 is 29.9 Å². The van der Waals surface area contributed by atoms with Gasteiger partial charge in [0.15, 0.2) is 0 Å². The number of amides is 5. The topological polar surface area (TPSA) is 98.8 Å². The van der Waals surface area contributed by atoms with Gasteiger partial charge in [-0.05, 0) is 43.2 Å². The Kier molecular flexibility index (Phi) is 5.41. The van der Waals surface area contributed by atoms with Crippen LogP contribution in [0.4, 0.5) is 16.2 Å². The second kappa shape index (κ2) is 8.03. The lowest BCUT2D eigenvalue weighted by molar-refractivity contribution is -0.133. The SMILES string of the molecule is CC1(c2ccc(Cl)cc2)NC(=O)N(CC(=O)Nc2ccccc2N2CCCC2=O)C1=O. The standard InChI is InChI=1S/C22H21ClN4O4/c1-22(14-8-10-15(23)11-9-14)20(30)27(21(31)25-22)13-18(28)24-16-5-2-3-6-17(16)26-12-4-7-19(26)29/h2-3,5-6,8-11H,4,7,12-13H2,1H3,(H,24,28)(H,25,31). The monoisotopic (exact) mass is 440 g/mol. The summed E-state index contributed by atoms with van der Waals surface area (Å²) >= 11 is 5.91. The summed E-state index contributed by atoms with van der Waals surface area (Å²) in [6.07, 6.45) is 1.22. The lowest BCUT2D eigenvalue weighted by Gasteiger charge is -2.22. The fourth-order valence-corrected chi connectivity index (χ4v) is 4.00. The van der Waals surface area contributed by atoms with E-state index >= 15 is 0 Å². The van der Waals surface area contributed by atoms with E-state index in [1.807, 2.05) is 0 Å². The number of hydrogen-bond acceptors (Lipinski definition) is 4. The van der Waals surface area contributed by atoms with Gasteiger partial charge in [-0.15, -0.1) is 0 Å². The smallest absolute Gasteiger partial charge is 0.323 e. The number of urea groups is 1. The Bertz CT molecular complexity index is 1070. The van der Waals surface area contributed by atoms with E-state index in [0.717, 1.165) is 11.3 Å². The summed E-state index contributed by atoms with van der Waals surface area (Å²) in [5.74, 6) is -1.07. The molecule has 5 amide bonds. The second-order valence-corrected chi connectivity index (χ2v) is 8.10. The molecule has 2 saturated heterocycles. The zero-order chi connectivity index (χ0) is 22.2. The zero-order valence-electron chi connectivity index (χ0n) is 16.9. The molecule has 31 heavy (non-hydrogen) atoms.